The number of carbonyl (C=O) groups is 2. The van der Waals surface area contributed by atoms with Crippen LogP contribution in [0.4, 0.5) is 5.82 Å². The zero-order chi connectivity index (χ0) is 18.3. The topological polar surface area (TPSA) is 64.0 Å². The quantitative estimate of drug-likeness (QED) is 0.708. The number of aryl methyl sites for hydroxylation is 2. The number of nitrogens with zero attached hydrogens (tertiary/aromatic N) is 2. The van der Waals surface area contributed by atoms with Gasteiger partial charge in [-0.15, -0.1) is 11.3 Å². The molecule has 1 N–H and O–H groups in total. The maximum Gasteiger partial charge on any atom is 0.226 e. The van der Waals surface area contributed by atoms with Crippen LogP contribution in [0.2, 0.25) is 0 Å². The second-order valence-corrected chi connectivity index (χ2v) is 7.38. The number of ketones is 1. The number of hydrogen-bond donors (Lipinski definition) is 1. The molecule has 0 bridgehead atoms. The molecule has 0 radical (unpaired) electrons. The summed E-state index contributed by atoms with van der Waals surface area (Å²) in [6.45, 7) is 3.99. The predicted octanol–water partition coefficient (Wildman–Crippen LogP) is 4.11. The second kappa shape index (κ2) is 6.53. The summed E-state index contributed by atoms with van der Waals surface area (Å²) in [6.07, 6.45) is 1.08. The van der Waals surface area contributed by atoms with Crippen LogP contribution in [-0.4, -0.2) is 21.5 Å². The van der Waals surface area contributed by atoms with Gasteiger partial charge >= 0.3 is 0 Å². The molecular formula is C20H19N3O2S. The monoisotopic (exact) mass is 365 g/mol. The molecule has 2 aromatic heterocycles. The van der Waals surface area contributed by atoms with E-state index in [-0.39, 0.29) is 18.1 Å². The van der Waals surface area contributed by atoms with E-state index in [0.717, 1.165) is 23.4 Å². The molecule has 0 fully saturated rings. The molecule has 4 rings (SSSR count). The molecule has 26 heavy (non-hydrogen) atoms. The van der Waals surface area contributed by atoms with Gasteiger partial charge in [-0.1, -0.05) is 25.1 Å². The largest absolute Gasteiger partial charge is 0.310 e. The molecule has 0 aliphatic carbocycles. The summed E-state index contributed by atoms with van der Waals surface area (Å²) in [5, 5.41) is 9.45. The van der Waals surface area contributed by atoms with E-state index >= 15 is 0 Å². The highest BCUT2D eigenvalue weighted by atomic mass is 32.1. The number of anilines is 1. The lowest BCUT2D eigenvalue weighted by Crippen LogP contribution is -2.28. The maximum absolute atomic E-state index is 13.0. The molecule has 0 unspecified atom stereocenters. The molecule has 3 heterocycles. The Bertz CT molecular complexity index is 989. The predicted molar refractivity (Wildman–Crippen MR) is 102 cm³/mol. The number of amides is 1. The fourth-order valence-electron chi connectivity index (χ4n) is 3.46. The fraction of sp³-hybridized carbons (Fsp3) is 0.250. The Hall–Kier alpha value is -2.73. The van der Waals surface area contributed by atoms with Crippen LogP contribution in [-0.2, 0) is 11.2 Å². The molecule has 0 saturated carbocycles. The number of rotatable bonds is 4. The van der Waals surface area contributed by atoms with Crippen LogP contribution in [0.5, 0.6) is 0 Å². The fourth-order valence-corrected chi connectivity index (χ4v) is 4.18. The van der Waals surface area contributed by atoms with Gasteiger partial charge in [0.25, 0.3) is 0 Å². The molecule has 1 aromatic carbocycles. The Balaban J connectivity index is 1.83. The van der Waals surface area contributed by atoms with Gasteiger partial charge in [-0.25, -0.2) is 4.68 Å². The van der Waals surface area contributed by atoms with Crippen LogP contribution in [0.1, 0.15) is 45.8 Å². The van der Waals surface area contributed by atoms with Gasteiger partial charge in [0.2, 0.25) is 5.91 Å². The van der Waals surface area contributed by atoms with Gasteiger partial charge in [-0.2, -0.15) is 5.10 Å². The molecule has 1 aliphatic rings. The highest BCUT2D eigenvalue weighted by molar-refractivity contribution is 7.12. The zero-order valence-corrected chi connectivity index (χ0v) is 15.5. The van der Waals surface area contributed by atoms with Crippen LogP contribution in [0.15, 0.2) is 41.8 Å². The lowest BCUT2D eigenvalue weighted by Gasteiger charge is -2.22. The van der Waals surface area contributed by atoms with Crippen molar-refractivity contribution in [1.82, 2.24) is 9.78 Å². The number of aromatic nitrogens is 2. The second-order valence-electron chi connectivity index (χ2n) is 6.43. The van der Waals surface area contributed by atoms with Crippen molar-refractivity contribution < 1.29 is 9.59 Å². The Morgan fingerprint density at radius 2 is 2.19 bits per heavy atom. The first-order chi connectivity index (χ1) is 12.6. The summed E-state index contributed by atoms with van der Waals surface area (Å²) in [7, 11) is 0. The Morgan fingerprint density at radius 3 is 2.92 bits per heavy atom. The molecule has 5 nitrogen and oxygen atoms in total. The molecule has 0 saturated heterocycles. The lowest BCUT2D eigenvalue weighted by molar-refractivity contribution is -0.116. The number of hydrogen-bond acceptors (Lipinski definition) is 4. The van der Waals surface area contributed by atoms with Gasteiger partial charge < -0.3 is 5.32 Å². The molecule has 1 amide bonds. The summed E-state index contributed by atoms with van der Waals surface area (Å²) < 4.78 is 1.75. The van der Waals surface area contributed by atoms with Crippen molar-refractivity contribution in [1.29, 1.82) is 0 Å². The average Bonchev–Trinajstić information content (AvgIpc) is 3.29. The highest BCUT2D eigenvalue weighted by Crippen LogP contribution is 2.38. The van der Waals surface area contributed by atoms with Crippen molar-refractivity contribution in [3.8, 4) is 5.69 Å². The van der Waals surface area contributed by atoms with Crippen LogP contribution in [0.25, 0.3) is 5.69 Å². The maximum atomic E-state index is 13.0. The van der Waals surface area contributed by atoms with Crippen LogP contribution in [0, 0.1) is 6.92 Å². The zero-order valence-electron chi connectivity index (χ0n) is 14.7. The Labute approximate surface area is 155 Å². The van der Waals surface area contributed by atoms with Crippen molar-refractivity contribution >= 4 is 28.8 Å². The third kappa shape index (κ3) is 2.76. The number of benzene rings is 1. The van der Waals surface area contributed by atoms with Crippen LogP contribution in [0.3, 0.4) is 0 Å². The first kappa shape index (κ1) is 16.7. The van der Waals surface area contributed by atoms with Crippen molar-refractivity contribution in [2.24, 2.45) is 0 Å². The van der Waals surface area contributed by atoms with Gasteiger partial charge in [0.15, 0.2) is 5.78 Å². The first-order valence-corrected chi connectivity index (χ1v) is 9.53. The van der Waals surface area contributed by atoms with Gasteiger partial charge in [0, 0.05) is 12.0 Å². The van der Waals surface area contributed by atoms with E-state index in [1.165, 1.54) is 16.9 Å². The normalized spacial score (nSPS) is 16.2. The van der Waals surface area contributed by atoms with Crippen molar-refractivity contribution in [2.75, 3.05) is 5.32 Å². The van der Waals surface area contributed by atoms with Crippen LogP contribution < -0.4 is 5.32 Å². The van der Waals surface area contributed by atoms with Gasteiger partial charge in [-0.05, 0) is 42.5 Å². The minimum Gasteiger partial charge on any atom is -0.310 e. The minimum absolute atomic E-state index is 0.0129. The van der Waals surface area contributed by atoms with Crippen molar-refractivity contribution in [3.63, 3.8) is 0 Å². The number of thiophene rings is 1. The first-order valence-electron chi connectivity index (χ1n) is 8.65. The summed E-state index contributed by atoms with van der Waals surface area (Å²) in [5.41, 5.74) is 3.68. The van der Waals surface area contributed by atoms with Gasteiger partial charge in [0.1, 0.15) is 5.82 Å². The molecule has 0 spiro atoms. The SMILES string of the molecule is CCc1cccc(-n2nc(C)c3c2NC(=O)C[C@@H]3C(=O)c2cccs2)c1. The number of Topliss-reactive ketones (excluding diaryl/α,β-unsaturated/α-hetero) is 1. The Kier molecular flexibility index (Phi) is 4.20. The van der Waals surface area contributed by atoms with Crippen molar-refractivity contribution in [3.05, 3.63) is 63.5 Å². The smallest absolute Gasteiger partial charge is 0.226 e. The van der Waals surface area contributed by atoms with E-state index in [2.05, 4.69) is 29.5 Å². The Morgan fingerprint density at radius 1 is 1.35 bits per heavy atom. The van der Waals surface area contributed by atoms with Gasteiger partial charge in [-0.3, -0.25) is 9.59 Å². The summed E-state index contributed by atoms with van der Waals surface area (Å²) in [5.74, 6) is -0.0383. The molecular weight excluding hydrogens is 346 g/mol. The average molecular weight is 365 g/mol. The minimum atomic E-state index is -0.486. The van der Waals surface area contributed by atoms with Crippen molar-refractivity contribution in [2.45, 2.75) is 32.6 Å². The third-order valence-corrected chi connectivity index (χ3v) is 5.63. The summed E-state index contributed by atoms with van der Waals surface area (Å²) in [6, 6.07) is 11.7. The van der Waals surface area contributed by atoms with Gasteiger partial charge in [0.05, 0.1) is 22.2 Å². The molecule has 132 valence electrons. The highest BCUT2D eigenvalue weighted by Gasteiger charge is 2.36. The van der Waals surface area contributed by atoms with E-state index in [1.54, 1.807) is 4.68 Å². The van der Waals surface area contributed by atoms with E-state index in [0.29, 0.717) is 10.7 Å². The number of fused-ring (bicyclic) bond motifs is 1. The third-order valence-electron chi connectivity index (χ3n) is 4.75. The molecule has 3 aromatic rings. The molecule has 6 heteroatoms. The van der Waals surface area contributed by atoms with E-state index in [1.807, 2.05) is 36.6 Å². The number of nitrogens with one attached hydrogen (secondary N) is 1. The van der Waals surface area contributed by atoms with E-state index in [9.17, 15) is 9.59 Å². The standard InChI is InChI=1S/C20H19N3O2S/c1-3-13-6-4-7-14(10-13)23-20-18(12(2)22-23)15(11-17(24)21-20)19(25)16-8-5-9-26-16/h4-10,15H,3,11H2,1-2H3,(H,21,24)/t15-/m0/s1. The van der Waals surface area contributed by atoms with Crippen LogP contribution >= 0.6 is 11.3 Å². The van der Waals surface area contributed by atoms with E-state index < -0.39 is 5.92 Å². The number of carbonyl (C=O) groups excluding carboxylic acids is 2. The molecule has 1 aliphatic heterocycles. The lowest BCUT2D eigenvalue weighted by atomic mass is 9.87. The van der Waals surface area contributed by atoms with E-state index in [4.69, 9.17) is 0 Å². The summed E-state index contributed by atoms with van der Waals surface area (Å²) in [4.78, 5) is 26.0. The summed E-state index contributed by atoms with van der Waals surface area (Å²) >= 11 is 1.41. The molecule has 1 atom stereocenters.